The summed E-state index contributed by atoms with van der Waals surface area (Å²) in [6, 6.07) is 0. The molecule has 0 amide bonds. The Labute approximate surface area is 286 Å². The summed E-state index contributed by atoms with van der Waals surface area (Å²) < 4.78 is 0. The molecule has 0 heterocycles. The average molecular weight is 627 g/mol. The Balaban J connectivity index is 1.27. The molecule has 13 unspecified atom stereocenters. The van der Waals surface area contributed by atoms with Crippen LogP contribution >= 0.6 is 0 Å². The Morgan fingerprint density at radius 3 is 1.76 bits per heavy atom. The van der Waals surface area contributed by atoms with Gasteiger partial charge in [-0.1, -0.05) is 114 Å². The SMILES string of the molecule is C=C1C(C)[C@]12CC(C)(C1C3CC4C(=CC3C3CC5C(CC31)C(C)(C)CCC5(C)C)C(C)(C)CCC4(C)C)C1CC(C(C)(C)C)CC12. The molecule has 0 aromatic heterocycles. The average Bonchev–Trinajstić information content (AvgIpc) is 3.37. The third kappa shape index (κ3) is 4.15. The van der Waals surface area contributed by atoms with Crippen LogP contribution in [-0.2, 0) is 0 Å². The summed E-state index contributed by atoms with van der Waals surface area (Å²) in [5.74, 6) is 10.4. The van der Waals surface area contributed by atoms with Gasteiger partial charge in [-0.05, 0) is 168 Å². The molecular weight excluding hydrogens is 553 g/mol. The molecule has 258 valence electrons. The van der Waals surface area contributed by atoms with Gasteiger partial charge in [0.1, 0.15) is 0 Å². The van der Waals surface area contributed by atoms with E-state index < -0.39 is 0 Å². The van der Waals surface area contributed by atoms with Crippen molar-refractivity contribution < 1.29 is 0 Å². The highest BCUT2D eigenvalue weighted by Gasteiger charge is 2.76. The van der Waals surface area contributed by atoms with Gasteiger partial charge in [0.2, 0.25) is 0 Å². The maximum atomic E-state index is 4.85. The van der Waals surface area contributed by atoms with Crippen molar-refractivity contribution >= 4 is 0 Å². The lowest BCUT2D eigenvalue weighted by Gasteiger charge is -2.58. The van der Waals surface area contributed by atoms with Crippen molar-refractivity contribution in [2.24, 2.45) is 109 Å². The topological polar surface area (TPSA) is 0 Å². The van der Waals surface area contributed by atoms with E-state index >= 15 is 0 Å². The van der Waals surface area contributed by atoms with E-state index in [-0.39, 0.29) is 0 Å². The molecule has 46 heavy (non-hydrogen) atoms. The Kier molecular flexibility index (Phi) is 6.69. The van der Waals surface area contributed by atoms with E-state index in [9.17, 15) is 0 Å². The van der Waals surface area contributed by atoms with Crippen molar-refractivity contribution in [1.82, 2.24) is 0 Å². The van der Waals surface area contributed by atoms with Crippen LogP contribution in [0.25, 0.3) is 0 Å². The lowest BCUT2D eigenvalue weighted by molar-refractivity contribution is -0.0912. The standard InChI is InChI=1S/C46H74/c1-26-27(2)46(26)25-45(14,37-19-28(20-38(37)46)40(3,4)5)39-31-23-35-33(41(6,7)15-17-43(35,10)11)21-29(31)30-22-34-36(24-32(30)39)44(12,13)18-16-42(34,8)9/h21,27-32,34-39H,1,15-20,22-25H2,2-14H3/t27?,28?,29?,30?,31?,32?,34?,35?,36?,37?,38?,39?,45?,46-/m0/s1. The fourth-order valence-corrected chi connectivity index (χ4v) is 16.2. The molecule has 0 aliphatic heterocycles. The van der Waals surface area contributed by atoms with Crippen LogP contribution in [0.5, 0.6) is 0 Å². The summed E-state index contributed by atoms with van der Waals surface area (Å²) in [4.78, 5) is 0. The van der Waals surface area contributed by atoms with Crippen molar-refractivity contribution in [2.45, 2.75) is 154 Å². The Hall–Kier alpha value is -0.520. The molecule has 7 saturated carbocycles. The van der Waals surface area contributed by atoms with Crippen LogP contribution in [0.4, 0.5) is 0 Å². The van der Waals surface area contributed by atoms with Gasteiger partial charge in [-0.15, -0.1) is 0 Å². The largest absolute Gasteiger partial charge is 0.0990 e. The van der Waals surface area contributed by atoms with E-state index in [4.69, 9.17) is 6.58 Å². The first-order valence-corrected chi connectivity index (χ1v) is 20.5. The summed E-state index contributed by atoms with van der Waals surface area (Å²) in [5, 5.41) is 0. The molecule has 0 N–H and O–H groups in total. The summed E-state index contributed by atoms with van der Waals surface area (Å²) >= 11 is 0. The van der Waals surface area contributed by atoms with Gasteiger partial charge in [-0.3, -0.25) is 0 Å². The van der Waals surface area contributed by atoms with Crippen LogP contribution in [0, 0.1) is 109 Å². The molecule has 8 aliphatic rings. The number of hydrogen-bond acceptors (Lipinski definition) is 0. The minimum Gasteiger partial charge on any atom is -0.0990 e. The molecule has 8 rings (SSSR count). The first kappa shape index (κ1) is 32.7. The first-order chi connectivity index (χ1) is 21.1. The Morgan fingerprint density at radius 2 is 1.20 bits per heavy atom. The summed E-state index contributed by atoms with van der Waals surface area (Å²) in [6.07, 6.45) is 17.7. The van der Waals surface area contributed by atoms with Gasteiger partial charge in [0.05, 0.1) is 0 Å². The second-order valence-corrected chi connectivity index (χ2v) is 23.8. The maximum Gasteiger partial charge on any atom is 0.00116 e. The third-order valence-electron chi connectivity index (χ3n) is 19.3. The minimum absolute atomic E-state index is 0.376. The fraction of sp³-hybridized carbons (Fsp3) is 0.913. The van der Waals surface area contributed by atoms with Crippen LogP contribution in [0.2, 0.25) is 0 Å². The zero-order valence-electron chi connectivity index (χ0n) is 32.8. The van der Waals surface area contributed by atoms with Gasteiger partial charge < -0.3 is 0 Å². The van der Waals surface area contributed by atoms with Crippen molar-refractivity contribution in [1.29, 1.82) is 0 Å². The smallest absolute Gasteiger partial charge is 0.00116 e. The number of fused-ring (bicyclic) bond motifs is 7. The van der Waals surface area contributed by atoms with E-state index in [1.807, 2.05) is 5.57 Å². The monoisotopic (exact) mass is 627 g/mol. The van der Waals surface area contributed by atoms with Crippen LogP contribution in [0.15, 0.2) is 23.8 Å². The summed E-state index contributed by atoms with van der Waals surface area (Å²) in [6.45, 7) is 39.3. The van der Waals surface area contributed by atoms with E-state index in [2.05, 4.69) is 96.1 Å². The molecule has 1 spiro atoms. The highest BCUT2D eigenvalue weighted by molar-refractivity contribution is 5.42. The highest BCUT2D eigenvalue weighted by atomic mass is 14.8. The van der Waals surface area contributed by atoms with Gasteiger partial charge >= 0.3 is 0 Å². The highest BCUT2D eigenvalue weighted by Crippen LogP contribution is 2.83. The van der Waals surface area contributed by atoms with Crippen molar-refractivity contribution in [3.8, 4) is 0 Å². The molecule has 8 aliphatic carbocycles. The molecule has 0 saturated heterocycles. The van der Waals surface area contributed by atoms with Gasteiger partial charge in [-0.2, -0.15) is 0 Å². The predicted molar refractivity (Wildman–Crippen MR) is 196 cm³/mol. The quantitative estimate of drug-likeness (QED) is 0.254. The van der Waals surface area contributed by atoms with Crippen LogP contribution < -0.4 is 0 Å². The zero-order valence-corrected chi connectivity index (χ0v) is 32.8. The molecule has 0 aromatic carbocycles. The Morgan fingerprint density at radius 1 is 0.652 bits per heavy atom. The van der Waals surface area contributed by atoms with Crippen molar-refractivity contribution in [3.63, 3.8) is 0 Å². The lowest BCUT2D eigenvalue weighted by atomic mass is 9.47. The number of hydrogen-bond donors (Lipinski definition) is 0. The van der Waals surface area contributed by atoms with Gasteiger partial charge in [-0.25, -0.2) is 0 Å². The number of rotatable bonds is 1. The second-order valence-electron chi connectivity index (χ2n) is 23.8. The van der Waals surface area contributed by atoms with E-state index in [0.717, 1.165) is 71.0 Å². The summed E-state index contributed by atoms with van der Waals surface area (Å²) in [5.41, 5.74) is 6.69. The van der Waals surface area contributed by atoms with Gasteiger partial charge in [0.15, 0.2) is 0 Å². The van der Waals surface area contributed by atoms with Crippen LogP contribution in [-0.4, -0.2) is 0 Å². The lowest BCUT2D eigenvalue weighted by Crippen LogP contribution is -2.50. The number of allylic oxidation sites excluding steroid dienone is 3. The molecular formula is C46H74. The molecule has 0 aromatic rings. The summed E-state index contributed by atoms with van der Waals surface area (Å²) in [7, 11) is 0. The predicted octanol–water partition coefficient (Wildman–Crippen LogP) is 13.0. The van der Waals surface area contributed by atoms with Crippen molar-refractivity contribution in [2.75, 3.05) is 0 Å². The molecule has 7 fully saturated rings. The van der Waals surface area contributed by atoms with Crippen molar-refractivity contribution in [3.05, 3.63) is 23.8 Å². The van der Waals surface area contributed by atoms with Crippen LogP contribution in [0.3, 0.4) is 0 Å². The molecule has 0 bridgehead atoms. The third-order valence-corrected chi connectivity index (χ3v) is 19.3. The zero-order chi connectivity index (χ0) is 33.4. The van der Waals surface area contributed by atoms with E-state index in [1.165, 1.54) is 64.2 Å². The van der Waals surface area contributed by atoms with E-state index in [1.54, 1.807) is 5.57 Å². The fourth-order valence-electron chi connectivity index (χ4n) is 16.2. The normalized spacial score (nSPS) is 53.9. The molecule has 0 heteroatoms. The van der Waals surface area contributed by atoms with Gasteiger partial charge in [0, 0.05) is 5.41 Å². The molecule has 0 nitrogen and oxygen atoms in total. The van der Waals surface area contributed by atoms with Gasteiger partial charge in [0.25, 0.3) is 0 Å². The van der Waals surface area contributed by atoms with E-state index in [0.29, 0.717) is 37.9 Å². The minimum atomic E-state index is 0.376. The van der Waals surface area contributed by atoms with Crippen LogP contribution in [0.1, 0.15) is 154 Å². The second kappa shape index (κ2) is 9.42. The Bertz CT molecular complexity index is 1330. The maximum absolute atomic E-state index is 4.85. The molecule has 0 radical (unpaired) electrons. The first-order valence-electron chi connectivity index (χ1n) is 20.5. The molecule has 14 atom stereocenters.